The summed E-state index contributed by atoms with van der Waals surface area (Å²) in [5.41, 5.74) is 2.80. The number of unbranched alkanes of at least 4 members (excludes halogenated alkanes) is 1. The molecular formula is C18H21N3O2. The SMILES string of the molecule is CCCCN(C)C1=C(c2cn(C)c3ccccc23)C(=O)NC1=O. The topological polar surface area (TPSA) is 54.3 Å². The minimum absolute atomic E-state index is 0.309. The van der Waals surface area contributed by atoms with Crippen molar-refractivity contribution in [2.45, 2.75) is 19.8 Å². The lowest BCUT2D eigenvalue weighted by atomic mass is 10.0. The molecule has 0 radical (unpaired) electrons. The van der Waals surface area contributed by atoms with Crippen LogP contribution in [0, 0.1) is 0 Å². The van der Waals surface area contributed by atoms with Gasteiger partial charge in [0, 0.05) is 43.3 Å². The van der Waals surface area contributed by atoms with Gasteiger partial charge in [-0.25, -0.2) is 0 Å². The monoisotopic (exact) mass is 311 g/mol. The van der Waals surface area contributed by atoms with Crippen LogP contribution in [0.4, 0.5) is 0 Å². The maximum absolute atomic E-state index is 12.4. The van der Waals surface area contributed by atoms with Gasteiger partial charge < -0.3 is 9.47 Å². The number of hydrogen-bond donors (Lipinski definition) is 1. The number of carbonyl (C=O) groups excluding carboxylic acids is 2. The average Bonchev–Trinajstić information content (AvgIpc) is 3.02. The Morgan fingerprint density at radius 1 is 1.17 bits per heavy atom. The number of aromatic nitrogens is 1. The van der Waals surface area contributed by atoms with Crippen molar-refractivity contribution in [1.82, 2.24) is 14.8 Å². The Kier molecular flexibility index (Phi) is 3.94. The van der Waals surface area contributed by atoms with E-state index in [0.717, 1.165) is 35.9 Å². The number of benzene rings is 1. The largest absolute Gasteiger partial charge is 0.369 e. The Bertz CT molecular complexity index is 817. The van der Waals surface area contributed by atoms with Crippen LogP contribution >= 0.6 is 0 Å². The fourth-order valence-corrected chi connectivity index (χ4v) is 3.11. The highest BCUT2D eigenvalue weighted by Crippen LogP contribution is 2.32. The summed E-state index contributed by atoms with van der Waals surface area (Å²) in [6.45, 7) is 2.86. The molecule has 0 atom stereocenters. The zero-order valence-electron chi connectivity index (χ0n) is 13.7. The Balaban J connectivity index is 2.18. The van der Waals surface area contributed by atoms with Gasteiger partial charge in [-0.15, -0.1) is 0 Å². The number of hydrogen-bond acceptors (Lipinski definition) is 3. The van der Waals surface area contributed by atoms with Crippen molar-refractivity contribution in [2.75, 3.05) is 13.6 Å². The van der Waals surface area contributed by atoms with Crippen molar-refractivity contribution in [3.63, 3.8) is 0 Å². The van der Waals surface area contributed by atoms with Crippen molar-refractivity contribution in [2.24, 2.45) is 7.05 Å². The van der Waals surface area contributed by atoms with Crippen molar-refractivity contribution >= 4 is 28.3 Å². The fourth-order valence-electron chi connectivity index (χ4n) is 3.11. The van der Waals surface area contributed by atoms with E-state index >= 15 is 0 Å². The van der Waals surface area contributed by atoms with Crippen LogP contribution in [0.2, 0.25) is 0 Å². The van der Waals surface area contributed by atoms with Gasteiger partial charge in [0.2, 0.25) is 0 Å². The van der Waals surface area contributed by atoms with E-state index in [1.165, 1.54) is 0 Å². The lowest BCUT2D eigenvalue weighted by molar-refractivity contribution is -0.124. The molecule has 3 rings (SSSR count). The number of aryl methyl sites for hydroxylation is 1. The molecule has 0 spiro atoms. The molecule has 0 saturated carbocycles. The summed E-state index contributed by atoms with van der Waals surface area (Å²) in [5, 5.41) is 3.43. The predicted molar refractivity (Wildman–Crippen MR) is 90.5 cm³/mol. The number of amides is 2. The molecule has 0 fully saturated rings. The van der Waals surface area contributed by atoms with Crippen LogP contribution in [0.3, 0.4) is 0 Å². The Morgan fingerprint density at radius 3 is 2.65 bits per heavy atom. The maximum atomic E-state index is 12.4. The van der Waals surface area contributed by atoms with Gasteiger partial charge in [-0.05, 0) is 12.5 Å². The van der Waals surface area contributed by atoms with Gasteiger partial charge in [0.05, 0.1) is 5.57 Å². The van der Waals surface area contributed by atoms with Crippen LogP contribution in [0.1, 0.15) is 25.3 Å². The summed E-state index contributed by atoms with van der Waals surface area (Å²) in [6.07, 6.45) is 3.94. The van der Waals surface area contributed by atoms with Crippen molar-refractivity contribution < 1.29 is 9.59 Å². The third-order valence-electron chi connectivity index (χ3n) is 4.30. The normalized spacial score (nSPS) is 14.7. The number of carbonyl (C=O) groups is 2. The van der Waals surface area contributed by atoms with E-state index in [2.05, 4.69) is 12.2 Å². The third kappa shape index (κ3) is 2.52. The molecule has 0 bridgehead atoms. The molecule has 1 aliphatic heterocycles. The van der Waals surface area contributed by atoms with Gasteiger partial charge in [0.15, 0.2) is 0 Å². The molecule has 0 saturated heterocycles. The molecule has 0 unspecified atom stereocenters. The maximum Gasteiger partial charge on any atom is 0.275 e. The molecule has 2 heterocycles. The van der Waals surface area contributed by atoms with E-state index in [0.29, 0.717) is 11.3 Å². The number of nitrogens with one attached hydrogen (secondary N) is 1. The number of likely N-dealkylation sites (N-methyl/N-ethyl adjacent to an activating group) is 1. The first-order chi connectivity index (χ1) is 11.0. The first kappa shape index (κ1) is 15.3. The fraction of sp³-hybridized carbons (Fsp3) is 0.333. The van der Waals surface area contributed by atoms with E-state index in [1.807, 2.05) is 54.0 Å². The number of fused-ring (bicyclic) bond motifs is 1. The van der Waals surface area contributed by atoms with Gasteiger partial charge in [-0.3, -0.25) is 14.9 Å². The van der Waals surface area contributed by atoms with Crippen LogP contribution in [0.25, 0.3) is 16.5 Å². The molecule has 1 aliphatic rings. The van der Waals surface area contributed by atoms with E-state index < -0.39 is 0 Å². The molecule has 2 amide bonds. The van der Waals surface area contributed by atoms with E-state index in [9.17, 15) is 9.59 Å². The molecule has 23 heavy (non-hydrogen) atoms. The van der Waals surface area contributed by atoms with E-state index in [1.54, 1.807) is 0 Å². The molecule has 0 aliphatic carbocycles. The predicted octanol–water partition coefficient (Wildman–Crippen LogP) is 2.28. The van der Waals surface area contributed by atoms with Crippen LogP contribution < -0.4 is 5.32 Å². The second-order valence-corrected chi connectivity index (χ2v) is 5.95. The molecule has 120 valence electrons. The molecular weight excluding hydrogens is 290 g/mol. The first-order valence-corrected chi connectivity index (χ1v) is 7.90. The molecule has 1 aromatic carbocycles. The summed E-state index contributed by atoms with van der Waals surface area (Å²) in [7, 11) is 3.82. The lowest BCUT2D eigenvalue weighted by Gasteiger charge is -2.19. The van der Waals surface area contributed by atoms with Gasteiger partial charge in [0.25, 0.3) is 11.8 Å². The molecule has 5 heteroatoms. The van der Waals surface area contributed by atoms with Crippen LogP contribution in [0.15, 0.2) is 36.2 Å². The van der Waals surface area contributed by atoms with Crippen molar-refractivity contribution in [3.8, 4) is 0 Å². The molecule has 1 N–H and O–H groups in total. The number of imide groups is 1. The second kappa shape index (κ2) is 5.91. The quantitative estimate of drug-likeness (QED) is 0.862. The van der Waals surface area contributed by atoms with Gasteiger partial charge in [-0.2, -0.15) is 0 Å². The van der Waals surface area contributed by atoms with Crippen molar-refractivity contribution in [3.05, 3.63) is 41.7 Å². The number of rotatable bonds is 5. The minimum atomic E-state index is -0.315. The van der Waals surface area contributed by atoms with Gasteiger partial charge >= 0.3 is 0 Å². The Hall–Kier alpha value is -2.56. The van der Waals surface area contributed by atoms with E-state index in [-0.39, 0.29) is 11.8 Å². The smallest absolute Gasteiger partial charge is 0.275 e. The Morgan fingerprint density at radius 2 is 1.91 bits per heavy atom. The summed E-state index contributed by atoms with van der Waals surface area (Å²) in [5.74, 6) is -0.624. The number of para-hydroxylation sites is 1. The van der Waals surface area contributed by atoms with Crippen LogP contribution in [-0.2, 0) is 16.6 Å². The van der Waals surface area contributed by atoms with Gasteiger partial charge in [0.1, 0.15) is 5.70 Å². The summed E-state index contributed by atoms with van der Waals surface area (Å²) < 4.78 is 1.98. The molecule has 5 nitrogen and oxygen atoms in total. The third-order valence-corrected chi connectivity index (χ3v) is 4.30. The standard InChI is InChI=1S/C18H21N3O2/c1-4-5-10-20(2)16-15(17(22)19-18(16)23)13-11-21(3)14-9-7-6-8-12(13)14/h6-9,11H,4-5,10H2,1-3H3,(H,19,22,23). The minimum Gasteiger partial charge on any atom is -0.369 e. The average molecular weight is 311 g/mol. The summed E-state index contributed by atoms with van der Waals surface area (Å²) in [4.78, 5) is 26.6. The Labute approximate surface area is 135 Å². The molecule has 1 aromatic heterocycles. The summed E-state index contributed by atoms with van der Waals surface area (Å²) >= 11 is 0. The first-order valence-electron chi connectivity index (χ1n) is 7.90. The second-order valence-electron chi connectivity index (χ2n) is 5.95. The number of nitrogens with zero attached hydrogens (tertiary/aromatic N) is 2. The zero-order valence-corrected chi connectivity index (χ0v) is 13.7. The summed E-state index contributed by atoms with van der Waals surface area (Å²) in [6, 6.07) is 7.90. The van der Waals surface area contributed by atoms with Crippen LogP contribution in [0.5, 0.6) is 0 Å². The van der Waals surface area contributed by atoms with Gasteiger partial charge in [-0.1, -0.05) is 31.5 Å². The highest BCUT2D eigenvalue weighted by Gasteiger charge is 2.34. The van der Waals surface area contributed by atoms with E-state index in [4.69, 9.17) is 0 Å². The lowest BCUT2D eigenvalue weighted by Crippen LogP contribution is -2.29. The highest BCUT2D eigenvalue weighted by atomic mass is 16.2. The highest BCUT2D eigenvalue weighted by molar-refractivity contribution is 6.37. The van der Waals surface area contributed by atoms with Crippen LogP contribution in [-0.4, -0.2) is 34.9 Å². The molecule has 2 aromatic rings. The van der Waals surface area contributed by atoms with Crippen molar-refractivity contribution in [1.29, 1.82) is 0 Å². The zero-order chi connectivity index (χ0) is 16.6.